The summed E-state index contributed by atoms with van der Waals surface area (Å²) < 4.78 is 27.2. The molecule has 0 aromatic carbocycles. The van der Waals surface area contributed by atoms with Gasteiger partial charge in [-0.2, -0.15) is 0 Å². The Balaban J connectivity index is 2.87. The van der Waals surface area contributed by atoms with Gasteiger partial charge >= 0.3 is 0 Å². The van der Waals surface area contributed by atoms with Crippen molar-refractivity contribution in [2.24, 2.45) is 7.05 Å². The summed E-state index contributed by atoms with van der Waals surface area (Å²) in [6.07, 6.45) is 0.573. The summed E-state index contributed by atoms with van der Waals surface area (Å²) in [4.78, 5) is 0. The Bertz CT molecular complexity index is 413. The van der Waals surface area contributed by atoms with E-state index in [1.54, 1.807) is 0 Å². The first kappa shape index (κ1) is 12.9. The lowest BCUT2D eigenvalue weighted by atomic mass is 10.5. The zero-order valence-corrected chi connectivity index (χ0v) is 11.1. The minimum absolute atomic E-state index is 0.0112. The molecule has 1 N–H and O–H groups in total. The van der Waals surface area contributed by atoms with Gasteiger partial charge in [0.15, 0.2) is 4.60 Å². The van der Waals surface area contributed by atoms with Crippen LogP contribution in [0.25, 0.3) is 0 Å². The fourth-order valence-corrected chi connectivity index (χ4v) is 3.25. The number of alkyl halides is 1. The average Bonchev–Trinajstić information content (AvgIpc) is 2.46. The highest BCUT2D eigenvalue weighted by molar-refractivity contribution is 9.10. The molecule has 0 saturated heterocycles. The SMILES string of the molecule is Cn1nnc(Br)c1S(=O)(=O)NCCCCl. The van der Waals surface area contributed by atoms with E-state index in [0.717, 1.165) is 0 Å². The lowest BCUT2D eigenvalue weighted by Crippen LogP contribution is -2.27. The van der Waals surface area contributed by atoms with Crippen LogP contribution >= 0.6 is 27.5 Å². The smallest absolute Gasteiger partial charge is 0.235 e. The Morgan fingerprint density at radius 1 is 1.60 bits per heavy atom. The molecule has 0 aliphatic rings. The zero-order valence-electron chi connectivity index (χ0n) is 7.94. The number of sulfonamides is 1. The number of hydrogen-bond donors (Lipinski definition) is 1. The molecule has 15 heavy (non-hydrogen) atoms. The second kappa shape index (κ2) is 5.24. The largest absolute Gasteiger partial charge is 0.260 e. The maximum absolute atomic E-state index is 11.7. The van der Waals surface area contributed by atoms with E-state index in [0.29, 0.717) is 18.8 Å². The highest BCUT2D eigenvalue weighted by Gasteiger charge is 2.22. The topological polar surface area (TPSA) is 76.9 Å². The minimum Gasteiger partial charge on any atom is -0.235 e. The first-order valence-electron chi connectivity index (χ1n) is 4.10. The highest BCUT2D eigenvalue weighted by Crippen LogP contribution is 2.17. The first-order chi connectivity index (χ1) is 6.99. The average molecular weight is 318 g/mol. The summed E-state index contributed by atoms with van der Waals surface area (Å²) in [6.45, 7) is 0.295. The summed E-state index contributed by atoms with van der Waals surface area (Å²) >= 11 is 8.47. The minimum atomic E-state index is -3.57. The molecule has 0 aliphatic carbocycles. The normalized spacial score (nSPS) is 11.9. The summed E-state index contributed by atoms with van der Waals surface area (Å²) in [6, 6.07) is 0. The fourth-order valence-electron chi connectivity index (χ4n) is 0.950. The number of nitrogens with zero attached hydrogens (tertiary/aromatic N) is 3. The molecule has 0 bridgehead atoms. The van der Waals surface area contributed by atoms with E-state index in [2.05, 4.69) is 31.0 Å². The predicted octanol–water partition coefficient (Wildman–Crippen LogP) is 0.485. The van der Waals surface area contributed by atoms with Gasteiger partial charge in [0.05, 0.1) is 0 Å². The molecule has 0 unspecified atom stereocenters. The molecule has 0 atom stereocenters. The number of nitrogens with one attached hydrogen (secondary N) is 1. The standard InChI is InChI=1S/C6H10BrClN4O2S/c1-12-6(5(7)10-11-12)15(13,14)9-4-2-3-8/h9H,2-4H2,1H3. The van der Waals surface area contributed by atoms with Crippen molar-refractivity contribution in [3.8, 4) is 0 Å². The summed E-state index contributed by atoms with van der Waals surface area (Å²) in [5.41, 5.74) is 0. The zero-order chi connectivity index (χ0) is 11.5. The molecule has 0 saturated carbocycles. The molecular weight excluding hydrogens is 308 g/mol. The van der Waals surface area contributed by atoms with E-state index < -0.39 is 10.0 Å². The van der Waals surface area contributed by atoms with Gasteiger partial charge in [0.2, 0.25) is 5.03 Å². The van der Waals surface area contributed by atoms with Crippen LogP contribution in [0.15, 0.2) is 9.63 Å². The van der Waals surface area contributed by atoms with Crippen LogP contribution < -0.4 is 4.72 Å². The maximum atomic E-state index is 11.7. The van der Waals surface area contributed by atoms with Crippen LogP contribution in [0.3, 0.4) is 0 Å². The van der Waals surface area contributed by atoms with Gasteiger partial charge in [0.1, 0.15) is 0 Å². The Labute approximate surface area is 101 Å². The first-order valence-corrected chi connectivity index (χ1v) is 6.91. The molecular formula is C6H10BrClN4O2S. The van der Waals surface area contributed by atoms with Crippen molar-refractivity contribution in [2.75, 3.05) is 12.4 Å². The second-order valence-corrected chi connectivity index (χ2v) is 5.56. The van der Waals surface area contributed by atoms with Gasteiger partial charge in [-0.3, -0.25) is 0 Å². The molecule has 1 aromatic heterocycles. The van der Waals surface area contributed by atoms with Crippen molar-refractivity contribution in [1.29, 1.82) is 0 Å². The van der Waals surface area contributed by atoms with Gasteiger partial charge in [-0.1, -0.05) is 5.21 Å². The molecule has 0 aliphatic heterocycles. The van der Waals surface area contributed by atoms with Gasteiger partial charge in [-0.25, -0.2) is 17.8 Å². The Hall–Kier alpha value is -0.180. The van der Waals surface area contributed by atoms with Crippen LogP contribution in [0.2, 0.25) is 0 Å². The van der Waals surface area contributed by atoms with E-state index in [1.165, 1.54) is 11.7 Å². The number of halogens is 2. The molecule has 0 amide bonds. The highest BCUT2D eigenvalue weighted by atomic mass is 79.9. The molecule has 0 radical (unpaired) electrons. The fraction of sp³-hybridized carbons (Fsp3) is 0.667. The van der Waals surface area contributed by atoms with Crippen LogP contribution in [0.1, 0.15) is 6.42 Å². The number of aryl methyl sites for hydroxylation is 1. The third-order valence-electron chi connectivity index (χ3n) is 1.59. The third-order valence-corrected chi connectivity index (χ3v) is 4.21. The van der Waals surface area contributed by atoms with Crippen LogP contribution in [0.4, 0.5) is 0 Å². The lowest BCUT2D eigenvalue weighted by molar-refractivity contribution is 0.560. The second-order valence-electron chi connectivity index (χ2n) is 2.75. The predicted molar refractivity (Wildman–Crippen MR) is 59.2 cm³/mol. The van der Waals surface area contributed by atoms with Gasteiger partial charge in [0, 0.05) is 19.5 Å². The number of aromatic nitrogens is 3. The number of rotatable bonds is 5. The monoisotopic (exact) mass is 316 g/mol. The van der Waals surface area contributed by atoms with E-state index >= 15 is 0 Å². The molecule has 6 nitrogen and oxygen atoms in total. The van der Waals surface area contributed by atoms with Crippen molar-refractivity contribution in [3.63, 3.8) is 0 Å². The van der Waals surface area contributed by atoms with E-state index in [9.17, 15) is 8.42 Å². The Morgan fingerprint density at radius 3 is 2.73 bits per heavy atom. The maximum Gasteiger partial charge on any atom is 0.260 e. The summed E-state index contributed by atoms with van der Waals surface area (Å²) in [5, 5.41) is 7.19. The van der Waals surface area contributed by atoms with Crippen LogP contribution in [0, 0.1) is 0 Å². The van der Waals surface area contributed by atoms with Crippen molar-refractivity contribution >= 4 is 37.6 Å². The van der Waals surface area contributed by atoms with Crippen molar-refractivity contribution in [1.82, 2.24) is 19.7 Å². The van der Waals surface area contributed by atoms with E-state index in [-0.39, 0.29) is 9.63 Å². The molecule has 1 aromatic rings. The molecule has 1 rings (SSSR count). The van der Waals surface area contributed by atoms with E-state index in [4.69, 9.17) is 11.6 Å². The van der Waals surface area contributed by atoms with Gasteiger partial charge in [-0.15, -0.1) is 16.7 Å². The lowest BCUT2D eigenvalue weighted by Gasteiger charge is -2.05. The summed E-state index contributed by atoms with van der Waals surface area (Å²) in [5.74, 6) is 0.410. The quantitative estimate of drug-likeness (QED) is 0.633. The van der Waals surface area contributed by atoms with Gasteiger partial charge < -0.3 is 0 Å². The summed E-state index contributed by atoms with van der Waals surface area (Å²) in [7, 11) is -2.06. The van der Waals surface area contributed by atoms with Crippen LogP contribution in [-0.2, 0) is 17.1 Å². The van der Waals surface area contributed by atoms with Crippen molar-refractivity contribution in [3.05, 3.63) is 4.60 Å². The van der Waals surface area contributed by atoms with E-state index in [1.807, 2.05) is 0 Å². The third kappa shape index (κ3) is 3.13. The van der Waals surface area contributed by atoms with Crippen LogP contribution in [0.5, 0.6) is 0 Å². The van der Waals surface area contributed by atoms with Gasteiger partial charge in [0.25, 0.3) is 10.0 Å². The molecule has 1 heterocycles. The molecule has 9 heteroatoms. The Kier molecular flexibility index (Phi) is 4.50. The van der Waals surface area contributed by atoms with Gasteiger partial charge in [-0.05, 0) is 22.4 Å². The molecule has 0 spiro atoms. The Morgan fingerprint density at radius 2 is 2.27 bits per heavy atom. The molecule has 86 valence electrons. The van der Waals surface area contributed by atoms with Crippen LogP contribution in [-0.4, -0.2) is 35.8 Å². The van der Waals surface area contributed by atoms with Crippen molar-refractivity contribution < 1.29 is 8.42 Å². The number of hydrogen-bond acceptors (Lipinski definition) is 4. The molecule has 0 fully saturated rings. The van der Waals surface area contributed by atoms with Crippen molar-refractivity contribution in [2.45, 2.75) is 11.4 Å².